The molecule has 1 saturated carbocycles. The first-order valence-corrected chi connectivity index (χ1v) is 14.8. The van der Waals surface area contributed by atoms with E-state index in [4.69, 9.17) is 4.99 Å². The average Bonchev–Trinajstić information content (AvgIpc) is 3.19. The predicted molar refractivity (Wildman–Crippen MR) is 163 cm³/mol. The van der Waals surface area contributed by atoms with Gasteiger partial charge in [-0.1, -0.05) is 37.1 Å². The molecular weight excluding hydrogens is 544 g/mol. The van der Waals surface area contributed by atoms with Crippen molar-refractivity contribution in [1.82, 2.24) is 30.3 Å². The van der Waals surface area contributed by atoms with Crippen LogP contribution in [0.25, 0.3) is 32.9 Å². The molecule has 0 saturated heterocycles. The second-order valence-corrected chi connectivity index (χ2v) is 11.4. The number of aromatic nitrogens is 5. The van der Waals surface area contributed by atoms with Crippen LogP contribution in [0.1, 0.15) is 49.9 Å². The molecule has 2 aliphatic rings. The predicted octanol–water partition coefficient (Wildman–Crippen LogP) is 3.59. The molecule has 11 nitrogen and oxygen atoms in total. The minimum Gasteiger partial charge on any atom is -0.494 e. The molecule has 3 N–H and O–H groups in total. The second-order valence-electron chi connectivity index (χ2n) is 11.4. The summed E-state index contributed by atoms with van der Waals surface area (Å²) in [6, 6.07) is 15.6. The van der Waals surface area contributed by atoms with Gasteiger partial charge in [-0.2, -0.15) is 0 Å². The molecule has 1 aliphatic heterocycles. The van der Waals surface area contributed by atoms with Crippen LogP contribution in [0.4, 0.5) is 5.69 Å². The van der Waals surface area contributed by atoms with Crippen LogP contribution < -0.4 is 21.6 Å². The highest BCUT2D eigenvalue weighted by Crippen LogP contribution is 2.36. The number of fused-ring (bicyclic) bond motifs is 1. The molecule has 5 aromatic rings. The summed E-state index contributed by atoms with van der Waals surface area (Å²) < 4.78 is 1.38. The number of hydrogen-bond acceptors (Lipinski definition) is 9. The molecule has 0 spiro atoms. The van der Waals surface area contributed by atoms with Gasteiger partial charge in [-0.15, -0.1) is 20.4 Å². The van der Waals surface area contributed by atoms with Gasteiger partial charge >= 0.3 is 0 Å². The minimum absolute atomic E-state index is 0.0775. The molecule has 1 aliphatic carbocycles. The number of anilines is 1. The van der Waals surface area contributed by atoms with Gasteiger partial charge < -0.3 is 15.7 Å². The van der Waals surface area contributed by atoms with Gasteiger partial charge in [0.25, 0.3) is 5.56 Å². The maximum atomic E-state index is 13.6. The highest BCUT2D eigenvalue weighted by molar-refractivity contribution is 6.15. The van der Waals surface area contributed by atoms with Gasteiger partial charge in [-0.05, 0) is 56.0 Å². The summed E-state index contributed by atoms with van der Waals surface area (Å²) in [5.41, 5.74) is 2.42. The Kier molecular flexibility index (Phi) is 6.92. The van der Waals surface area contributed by atoms with Gasteiger partial charge in [0.05, 0.1) is 11.4 Å². The summed E-state index contributed by atoms with van der Waals surface area (Å²) in [5.74, 6) is 0.739. The maximum Gasteiger partial charge on any atom is 0.261 e. The van der Waals surface area contributed by atoms with Crippen molar-refractivity contribution in [2.75, 3.05) is 5.32 Å². The van der Waals surface area contributed by atoms with Crippen LogP contribution in [-0.4, -0.2) is 48.1 Å². The van der Waals surface area contributed by atoms with Crippen LogP contribution in [0.2, 0.25) is 0 Å². The molecule has 3 heterocycles. The van der Waals surface area contributed by atoms with E-state index in [2.05, 4.69) is 31.0 Å². The first-order valence-electron chi connectivity index (χ1n) is 14.8. The lowest BCUT2D eigenvalue weighted by Gasteiger charge is -2.29. The van der Waals surface area contributed by atoms with Gasteiger partial charge in [0.15, 0.2) is 5.82 Å². The van der Waals surface area contributed by atoms with Crippen LogP contribution >= 0.6 is 0 Å². The molecule has 7 rings (SSSR count). The van der Waals surface area contributed by atoms with Crippen LogP contribution in [0, 0.1) is 6.92 Å². The van der Waals surface area contributed by atoms with E-state index in [0.717, 1.165) is 45.8 Å². The molecule has 218 valence electrons. The fraction of sp³-hybridized carbons (Fsp3) is 0.344. The molecule has 11 heteroatoms. The third-order valence-electron chi connectivity index (χ3n) is 8.55. The minimum atomic E-state index is -0.265. The summed E-state index contributed by atoms with van der Waals surface area (Å²) in [7, 11) is 0. The normalized spacial score (nSPS) is 17.6. The Hall–Kier alpha value is -4.93. The molecule has 0 radical (unpaired) electrons. The number of benzene rings is 3. The Labute approximate surface area is 247 Å². The number of pyridine rings is 1. The maximum absolute atomic E-state index is 13.6. The van der Waals surface area contributed by atoms with E-state index in [0.29, 0.717) is 35.4 Å². The van der Waals surface area contributed by atoms with Gasteiger partial charge in [0.2, 0.25) is 17.6 Å². The van der Waals surface area contributed by atoms with E-state index in [1.165, 1.54) is 17.4 Å². The van der Waals surface area contributed by atoms with Gasteiger partial charge in [0.1, 0.15) is 0 Å². The van der Waals surface area contributed by atoms with E-state index in [1.54, 1.807) is 6.92 Å². The standard InChI is InChI=1S/C32H32N8O3/c1-18-36-38-30(39-37-18)20-10-8-19(9-11-20)17-33-27(41)7-4-16-40-31(42)21-12-14-25-29-26(15-13-22(28(21)29)32(40)43)35-24-6-3-2-5-23(24)34-25/h8-15,23-24,34,43H,2-7,16-17H2,1H3,(H,33,41). The lowest BCUT2D eigenvalue weighted by molar-refractivity contribution is -0.121. The molecule has 2 unspecified atom stereocenters. The number of amides is 1. The zero-order valence-electron chi connectivity index (χ0n) is 23.9. The quantitative estimate of drug-likeness (QED) is 0.266. The number of carbonyl (C=O) groups is 1. The fourth-order valence-electron chi connectivity index (χ4n) is 6.33. The Morgan fingerprint density at radius 1 is 0.977 bits per heavy atom. The van der Waals surface area contributed by atoms with Crippen LogP contribution in [0.5, 0.6) is 5.88 Å². The summed E-state index contributed by atoms with van der Waals surface area (Å²) in [6.45, 7) is 2.32. The largest absolute Gasteiger partial charge is 0.494 e. The zero-order valence-corrected chi connectivity index (χ0v) is 23.9. The zero-order chi connectivity index (χ0) is 29.5. The molecule has 2 atom stereocenters. The Bertz CT molecular complexity index is 1950. The highest BCUT2D eigenvalue weighted by Gasteiger charge is 2.28. The number of rotatable bonds is 7. The van der Waals surface area contributed by atoms with Crippen molar-refractivity contribution >= 4 is 33.1 Å². The van der Waals surface area contributed by atoms with E-state index in [9.17, 15) is 14.7 Å². The van der Waals surface area contributed by atoms with Crippen molar-refractivity contribution in [3.63, 3.8) is 0 Å². The first kappa shape index (κ1) is 26.9. The van der Waals surface area contributed by atoms with E-state index in [1.807, 2.05) is 48.5 Å². The number of aromatic hydroxyl groups is 1. The molecule has 2 aromatic heterocycles. The molecule has 0 bridgehead atoms. The lowest BCUT2D eigenvalue weighted by atomic mass is 9.91. The van der Waals surface area contributed by atoms with Crippen molar-refractivity contribution in [3.8, 4) is 17.3 Å². The van der Waals surface area contributed by atoms with E-state index >= 15 is 0 Å². The Morgan fingerprint density at radius 3 is 2.56 bits per heavy atom. The summed E-state index contributed by atoms with van der Waals surface area (Å²) in [5, 5.41) is 37.5. The lowest BCUT2D eigenvalue weighted by Crippen LogP contribution is -2.35. The number of nitrogens with zero attached hydrogens (tertiary/aromatic N) is 6. The summed E-state index contributed by atoms with van der Waals surface area (Å²) in [4.78, 5) is 31.3. The molecule has 1 fully saturated rings. The summed E-state index contributed by atoms with van der Waals surface area (Å²) >= 11 is 0. The fourth-order valence-corrected chi connectivity index (χ4v) is 6.33. The third kappa shape index (κ3) is 5.04. The topological polar surface area (TPSA) is 147 Å². The van der Waals surface area contributed by atoms with E-state index < -0.39 is 0 Å². The van der Waals surface area contributed by atoms with Crippen molar-refractivity contribution in [2.45, 2.75) is 70.6 Å². The SMILES string of the molecule is Cc1nnc(-c2ccc(CNC(=O)CCCn3c(O)c4ccc5c6c(ccc(c3=O)c46)NC3CCCCC3N=5)cc2)nn1. The van der Waals surface area contributed by atoms with Crippen molar-refractivity contribution in [2.24, 2.45) is 4.99 Å². The Balaban J connectivity index is 1.04. The summed E-state index contributed by atoms with van der Waals surface area (Å²) in [6.07, 6.45) is 5.09. The molecule has 1 amide bonds. The van der Waals surface area contributed by atoms with Crippen molar-refractivity contribution < 1.29 is 9.90 Å². The number of nitrogens with one attached hydrogen (secondary N) is 2. The van der Waals surface area contributed by atoms with Gasteiger partial charge in [0, 0.05) is 58.3 Å². The van der Waals surface area contributed by atoms with Crippen LogP contribution in [0.3, 0.4) is 0 Å². The van der Waals surface area contributed by atoms with Crippen LogP contribution in [0.15, 0.2) is 58.3 Å². The van der Waals surface area contributed by atoms with Gasteiger partial charge in [-0.25, -0.2) is 0 Å². The monoisotopic (exact) mass is 576 g/mol. The molecule has 43 heavy (non-hydrogen) atoms. The average molecular weight is 577 g/mol. The van der Waals surface area contributed by atoms with Gasteiger partial charge in [-0.3, -0.25) is 19.1 Å². The van der Waals surface area contributed by atoms with Crippen molar-refractivity contribution in [1.29, 1.82) is 0 Å². The Morgan fingerprint density at radius 2 is 1.74 bits per heavy atom. The second kappa shape index (κ2) is 11.0. The van der Waals surface area contributed by atoms with Crippen LogP contribution in [-0.2, 0) is 17.9 Å². The molecule has 3 aromatic carbocycles. The third-order valence-corrected chi connectivity index (χ3v) is 8.55. The van der Waals surface area contributed by atoms with Crippen molar-refractivity contribution in [3.05, 3.63) is 75.6 Å². The highest BCUT2D eigenvalue weighted by atomic mass is 16.3. The number of aryl methyl sites for hydroxylation is 1. The van der Waals surface area contributed by atoms with E-state index in [-0.39, 0.29) is 42.4 Å². The number of carbonyl (C=O) groups excluding carboxylic acids is 1. The number of hydrogen-bond donors (Lipinski definition) is 3. The molecular formula is C32H32N8O3. The smallest absolute Gasteiger partial charge is 0.261 e. The first-order chi connectivity index (χ1) is 21.0.